The molecule has 4 rings (SSSR count). The first-order valence-electron chi connectivity index (χ1n) is 10.1. The predicted molar refractivity (Wildman–Crippen MR) is 109 cm³/mol. The molecule has 152 valence electrons. The Labute approximate surface area is 168 Å². The Morgan fingerprint density at radius 1 is 1.32 bits per heavy atom. The third kappa shape index (κ3) is 3.93. The van der Waals surface area contributed by atoms with Gasteiger partial charge in [0.2, 0.25) is 5.91 Å². The number of rotatable bonds is 6. The van der Waals surface area contributed by atoms with Crippen molar-refractivity contribution in [2.45, 2.75) is 58.5 Å². The normalized spacial score (nSPS) is 24.8. The number of H-pyrrole nitrogens is 2. The SMILES string of the molecule is Cc1[nH][nH]c(=O)c1CC(=O)NC1[C@@H]2CC[C@H]1CN(Cc1nc(C(C)C)cs1)C2. The highest BCUT2D eigenvalue weighted by Gasteiger charge is 2.42. The molecule has 1 amide bonds. The zero-order valence-electron chi connectivity index (χ0n) is 16.7. The minimum atomic E-state index is -0.199. The molecular weight excluding hydrogens is 374 g/mol. The number of amides is 1. The lowest BCUT2D eigenvalue weighted by Crippen LogP contribution is -2.52. The van der Waals surface area contributed by atoms with Gasteiger partial charge in [-0.15, -0.1) is 11.3 Å². The molecule has 3 heterocycles. The van der Waals surface area contributed by atoms with Gasteiger partial charge in [0.25, 0.3) is 5.56 Å². The van der Waals surface area contributed by atoms with Crippen molar-refractivity contribution in [2.24, 2.45) is 11.8 Å². The summed E-state index contributed by atoms with van der Waals surface area (Å²) in [4.78, 5) is 31.6. The highest BCUT2D eigenvalue weighted by Crippen LogP contribution is 2.37. The maximum Gasteiger partial charge on any atom is 0.267 e. The van der Waals surface area contributed by atoms with Crippen LogP contribution < -0.4 is 10.9 Å². The van der Waals surface area contributed by atoms with Gasteiger partial charge in [0, 0.05) is 35.8 Å². The van der Waals surface area contributed by atoms with Crippen molar-refractivity contribution < 1.29 is 4.79 Å². The van der Waals surface area contributed by atoms with Gasteiger partial charge in [-0.3, -0.25) is 19.6 Å². The van der Waals surface area contributed by atoms with Crippen molar-refractivity contribution in [3.05, 3.63) is 37.7 Å². The number of fused-ring (bicyclic) bond motifs is 2. The lowest BCUT2D eigenvalue weighted by molar-refractivity contribution is -0.122. The molecule has 0 radical (unpaired) electrons. The number of likely N-dealkylation sites (tertiary alicyclic amines) is 1. The lowest BCUT2D eigenvalue weighted by atomic mass is 9.92. The lowest BCUT2D eigenvalue weighted by Gasteiger charge is -2.38. The van der Waals surface area contributed by atoms with Gasteiger partial charge in [-0.05, 0) is 37.5 Å². The Kier molecular flexibility index (Phi) is 5.42. The molecule has 2 bridgehead atoms. The molecule has 1 unspecified atom stereocenters. The van der Waals surface area contributed by atoms with Gasteiger partial charge in [0.05, 0.1) is 18.7 Å². The summed E-state index contributed by atoms with van der Waals surface area (Å²) in [5.74, 6) is 1.39. The molecule has 1 saturated heterocycles. The number of carbonyl (C=O) groups is 1. The monoisotopic (exact) mass is 403 g/mol. The average Bonchev–Trinajstić information content (AvgIpc) is 3.29. The van der Waals surface area contributed by atoms with Gasteiger partial charge in [0.1, 0.15) is 5.01 Å². The fourth-order valence-electron chi connectivity index (χ4n) is 4.62. The number of aryl methyl sites for hydroxylation is 1. The van der Waals surface area contributed by atoms with E-state index in [1.165, 1.54) is 10.7 Å². The number of nitrogens with zero attached hydrogens (tertiary/aromatic N) is 2. The predicted octanol–water partition coefficient (Wildman–Crippen LogP) is 2.16. The second-order valence-electron chi connectivity index (χ2n) is 8.57. The van der Waals surface area contributed by atoms with E-state index in [-0.39, 0.29) is 23.9 Å². The molecule has 0 aromatic carbocycles. The van der Waals surface area contributed by atoms with Gasteiger partial charge in [0.15, 0.2) is 0 Å². The van der Waals surface area contributed by atoms with E-state index < -0.39 is 0 Å². The maximum atomic E-state index is 12.5. The summed E-state index contributed by atoms with van der Waals surface area (Å²) >= 11 is 1.75. The van der Waals surface area contributed by atoms with Crippen LogP contribution >= 0.6 is 11.3 Å². The van der Waals surface area contributed by atoms with E-state index >= 15 is 0 Å². The van der Waals surface area contributed by atoms with Crippen LogP contribution in [-0.4, -0.2) is 45.1 Å². The summed E-state index contributed by atoms with van der Waals surface area (Å²) in [6, 6.07) is 0.226. The summed E-state index contributed by atoms with van der Waals surface area (Å²) in [5, 5.41) is 11.9. The van der Waals surface area contributed by atoms with Crippen LogP contribution in [0.5, 0.6) is 0 Å². The van der Waals surface area contributed by atoms with E-state index in [0.29, 0.717) is 23.3 Å². The Morgan fingerprint density at radius 3 is 2.61 bits per heavy atom. The standard InChI is InChI=1S/C20H29N5O2S/c1-11(2)16-10-28-18(21-16)9-25-7-13-4-5-14(8-25)19(13)22-17(26)6-15-12(3)23-24-20(15)27/h10-11,13-14,19H,4-9H2,1-3H3,(H,22,26)(H2,23,24,27)/t13-,14+,19?. The summed E-state index contributed by atoms with van der Waals surface area (Å²) in [5.41, 5.74) is 2.25. The molecule has 3 atom stereocenters. The Balaban J connectivity index is 1.34. The zero-order valence-corrected chi connectivity index (χ0v) is 17.6. The molecular formula is C20H29N5O2S. The van der Waals surface area contributed by atoms with Crippen molar-refractivity contribution in [3.63, 3.8) is 0 Å². The molecule has 1 aliphatic heterocycles. The Bertz CT molecular complexity index is 885. The molecule has 8 heteroatoms. The van der Waals surface area contributed by atoms with Crippen LogP contribution in [0.2, 0.25) is 0 Å². The summed E-state index contributed by atoms with van der Waals surface area (Å²) < 4.78 is 0. The average molecular weight is 404 g/mol. The number of thiazole rings is 1. The van der Waals surface area contributed by atoms with Crippen molar-refractivity contribution in [2.75, 3.05) is 13.1 Å². The second kappa shape index (κ2) is 7.83. The largest absolute Gasteiger partial charge is 0.352 e. The number of hydrogen-bond donors (Lipinski definition) is 3. The van der Waals surface area contributed by atoms with Crippen molar-refractivity contribution in [3.8, 4) is 0 Å². The number of carbonyl (C=O) groups excluding carboxylic acids is 1. The smallest absolute Gasteiger partial charge is 0.267 e. The van der Waals surface area contributed by atoms with Crippen LogP contribution in [-0.2, 0) is 17.8 Å². The number of piperidine rings is 1. The Hall–Kier alpha value is -1.93. The van der Waals surface area contributed by atoms with E-state index in [1.54, 1.807) is 11.3 Å². The van der Waals surface area contributed by atoms with Gasteiger partial charge in [-0.25, -0.2) is 4.98 Å². The molecule has 28 heavy (non-hydrogen) atoms. The fourth-order valence-corrected chi connectivity index (χ4v) is 5.62. The second-order valence-corrected chi connectivity index (χ2v) is 9.51. The summed E-state index contributed by atoms with van der Waals surface area (Å²) in [7, 11) is 0. The topological polar surface area (TPSA) is 93.9 Å². The minimum absolute atomic E-state index is 0.0509. The zero-order chi connectivity index (χ0) is 19.8. The van der Waals surface area contributed by atoms with E-state index in [9.17, 15) is 9.59 Å². The first-order valence-corrected chi connectivity index (χ1v) is 11.0. The van der Waals surface area contributed by atoms with Crippen LogP contribution in [0, 0.1) is 18.8 Å². The molecule has 0 spiro atoms. The molecule has 1 saturated carbocycles. The van der Waals surface area contributed by atoms with Gasteiger partial charge in [-0.2, -0.15) is 0 Å². The maximum absolute atomic E-state index is 12.5. The molecule has 1 aliphatic carbocycles. The number of aromatic nitrogens is 3. The van der Waals surface area contributed by atoms with Crippen LogP contribution in [0.4, 0.5) is 0 Å². The van der Waals surface area contributed by atoms with E-state index in [2.05, 4.69) is 39.6 Å². The van der Waals surface area contributed by atoms with Crippen molar-refractivity contribution >= 4 is 17.2 Å². The van der Waals surface area contributed by atoms with E-state index in [0.717, 1.165) is 38.2 Å². The third-order valence-electron chi connectivity index (χ3n) is 6.18. The molecule has 2 fully saturated rings. The van der Waals surface area contributed by atoms with Crippen LogP contribution in [0.25, 0.3) is 0 Å². The van der Waals surface area contributed by atoms with Crippen LogP contribution in [0.3, 0.4) is 0 Å². The van der Waals surface area contributed by atoms with Crippen LogP contribution in [0.15, 0.2) is 10.2 Å². The number of hydrogen-bond acceptors (Lipinski definition) is 5. The number of aromatic amines is 2. The Morgan fingerprint density at radius 2 is 2.04 bits per heavy atom. The first-order chi connectivity index (χ1) is 13.4. The molecule has 2 aromatic heterocycles. The van der Waals surface area contributed by atoms with E-state index in [1.807, 2.05) is 6.92 Å². The third-order valence-corrected chi connectivity index (χ3v) is 7.04. The summed E-state index contributed by atoms with van der Waals surface area (Å²) in [6.45, 7) is 9.07. The minimum Gasteiger partial charge on any atom is -0.352 e. The summed E-state index contributed by atoms with van der Waals surface area (Å²) in [6.07, 6.45) is 2.46. The molecule has 3 N–H and O–H groups in total. The highest BCUT2D eigenvalue weighted by atomic mass is 32.1. The molecule has 2 aromatic rings. The molecule has 2 aliphatic rings. The quantitative estimate of drug-likeness (QED) is 0.689. The van der Waals surface area contributed by atoms with Gasteiger partial charge in [-0.1, -0.05) is 13.8 Å². The van der Waals surface area contributed by atoms with Gasteiger partial charge < -0.3 is 10.4 Å². The van der Waals surface area contributed by atoms with Crippen LogP contribution in [0.1, 0.15) is 54.6 Å². The van der Waals surface area contributed by atoms with Crippen molar-refractivity contribution in [1.29, 1.82) is 0 Å². The highest BCUT2D eigenvalue weighted by molar-refractivity contribution is 7.09. The molecule has 7 nitrogen and oxygen atoms in total. The van der Waals surface area contributed by atoms with Gasteiger partial charge >= 0.3 is 0 Å². The van der Waals surface area contributed by atoms with Crippen molar-refractivity contribution in [1.82, 2.24) is 25.4 Å². The fraction of sp³-hybridized carbons (Fsp3) is 0.650. The number of nitrogens with one attached hydrogen (secondary N) is 3. The first kappa shape index (κ1) is 19.4. The van der Waals surface area contributed by atoms with E-state index in [4.69, 9.17) is 4.98 Å².